The van der Waals surface area contributed by atoms with E-state index in [-0.39, 0.29) is 22.7 Å². The van der Waals surface area contributed by atoms with Crippen LogP contribution in [0.3, 0.4) is 0 Å². The number of hydrogen-bond acceptors (Lipinski definition) is 2. The lowest BCUT2D eigenvalue weighted by Crippen LogP contribution is -2.32. The number of likely N-dealkylation sites (tertiary alicyclic amines) is 1. The van der Waals surface area contributed by atoms with Gasteiger partial charge >= 0.3 is 6.18 Å². The second-order valence-electron chi connectivity index (χ2n) is 4.52. The molecule has 110 valence electrons. The normalized spacial score (nSPS) is 15.5. The van der Waals surface area contributed by atoms with Gasteiger partial charge in [-0.3, -0.25) is 4.79 Å². The van der Waals surface area contributed by atoms with E-state index in [1.54, 1.807) is 4.90 Å². The van der Waals surface area contributed by atoms with E-state index in [0.717, 1.165) is 38.1 Å². The van der Waals surface area contributed by atoms with Crippen molar-refractivity contribution >= 4 is 21.8 Å². The Morgan fingerprint density at radius 1 is 1.30 bits per heavy atom. The molecule has 0 bridgehead atoms. The van der Waals surface area contributed by atoms with Crippen LogP contribution in [0.4, 0.5) is 13.2 Å². The molecule has 1 aliphatic rings. The molecule has 7 heteroatoms. The van der Waals surface area contributed by atoms with Gasteiger partial charge in [0.1, 0.15) is 5.75 Å². The second-order valence-corrected chi connectivity index (χ2v) is 5.37. The number of halogens is 4. The van der Waals surface area contributed by atoms with Gasteiger partial charge in [-0.2, -0.15) is 13.2 Å². The van der Waals surface area contributed by atoms with Gasteiger partial charge in [-0.25, -0.2) is 0 Å². The van der Waals surface area contributed by atoms with Gasteiger partial charge in [-0.15, -0.1) is 0 Å². The fraction of sp³-hybridized carbons (Fsp3) is 0.462. The quantitative estimate of drug-likeness (QED) is 0.834. The number of nitrogens with zero attached hydrogens (tertiary/aromatic N) is 1. The number of amides is 1. The van der Waals surface area contributed by atoms with E-state index < -0.39 is 11.7 Å². The zero-order valence-electron chi connectivity index (χ0n) is 10.5. The van der Waals surface area contributed by atoms with Crippen LogP contribution >= 0.6 is 15.9 Å². The molecule has 1 saturated heterocycles. The molecule has 1 heterocycles. The highest BCUT2D eigenvalue weighted by Gasteiger charge is 2.31. The third kappa shape index (κ3) is 3.65. The summed E-state index contributed by atoms with van der Waals surface area (Å²) < 4.78 is 42.9. The number of benzene rings is 1. The van der Waals surface area contributed by atoms with Crippen molar-refractivity contribution in [2.75, 3.05) is 19.7 Å². The molecule has 20 heavy (non-hydrogen) atoms. The molecule has 0 N–H and O–H groups in total. The first-order valence-corrected chi connectivity index (χ1v) is 6.94. The molecule has 0 aromatic heterocycles. The third-order valence-electron chi connectivity index (χ3n) is 3.07. The van der Waals surface area contributed by atoms with E-state index in [1.807, 2.05) is 0 Å². The Balaban J connectivity index is 1.98. The van der Waals surface area contributed by atoms with E-state index >= 15 is 0 Å². The maximum Gasteiger partial charge on any atom is 0.416 e. The lowest BCUT2D eigenvalue weighted by atomic mass is 10.2. The Kier molecular flexibility index (Phi) is 4.57. The lowest BCUT2D eigenvalue weighted by Gasteiger charge is -2.16. The van der Waals surface area contributed by atoms with Gasteiger partial charge < -0.3 is 9.64 Å². The second kappa shape index (κ2) is 6.03. The molecule has 0 aliphatic carbocycles. The summed E-state index contributed by atoms with van der Waals surface area (Å²) in [7, 11) is 0. The maximum atomic E-state index is 12.5. The molecule has 0 unspecified atom stereocenters. The Labute approximate surface area is 122 Å². The Morgan fingerprint density at radius 3 is 2.50 bits per heavy atom. The molecule has 1 aromatic rings. The fourth-order valence-electron chi connectivity index (χ4n) is 1.99. The Hall–Kier alpha value is -1.24. The molecule has 1 fully saturated rings. The number of ether oxygens (including phenoxy) is 1. The van der Waals surface area contributed by atoms with Gasteiger partial charge in [0.05, 0.1) is 10.0 Å². The summed E-state index contributed by atoms with van der Waals surface area (Å²) in [5.74, 6) is 0.0832. The monoisotopic (exact) mass is 351 g/mol. The highest BCUT2D eigenvalue weighted by Crippen LogP contribution is 2.34. The molecule has 1 aliphatic heterocycles. The SMILES string of the molecule is O=C(COc1ccc(C(F)(F)F)cc1Br)N1CCCC1. The zero-order valence-corrected chi connectivity index (χ0v) is 12.1. The molecule has 0 atom stereocenters. The van der Waals surface area contributed by atoms with Crippen molar-refractivity contribution in [1.82, 2.24) is 4.90 Å². The van der Waals surface area contributed by atoms with Crippen molar-refractivity contribution in [3.63, 3.8) is 0 Å². The van der Waals surface area contributed by atoms with Crippen LogP contribution in [0.15, 0.2) is 22.7 Å². The van der Waals surface area contributed by atoms with Gasteiger partial charge in [-0.05, 0) is 47.0 Å². The smallest absolute Gasteiger partial charge is 0.416 e. The van der Waals surface area contributed by atoms with Gasteiger partial charge in [0, 0.05) is 13.1 Å². The lowest BCUT2D eigenvalue weighted by molar-refractivity contribution is -0.137. The van der Waals surface area contributed by atoms with Gasteiger partial charge in [0.2, 0.25) is 0 Å². The predicted molar refractivity (Wildman–Crippen MR) is 70.5 cm³/mol. The summed E-state index contributed by atoms with van der Waals surface area (Å²) in [6, 6.07) is 3.08. The van der Waals surface area contributed by atoms with Crippen LogP contribution in [0.2, 0.25) is 0 Å². The number of carbonyl (C=O) groups excluding carboxylic acids is 1. The first-order valence-electron chi connectivity index (χ1n) is 6.15. The minimum absolute atomic E-state index is 0.144. The molecule has 0 saturated carbocycles. The van der Waals surface area contributed by atoms with Crippen LogP contribution in [0.1, 0.15) is 18.4 Å². The minimum atomic E-state index is -4.40. The van der Waals surface area contributed by atoms with Crippen molar-refractivity contribution in [2.24, 2.45) is 0 Å². The molecule has 2 rings (SSSR count). The van der Waals surface area contributed by atoms with Crippen molar-refractivity contribution < 1.29 is 22.7 Å². The van der Waals surface area contributed by atoms with Gasteiger partial charge in [0.25, 0.3) is 5.91 Å². The molecule has 1 amide bonds. The predicted octanol–water partition coefficient (Wildman–Crippen LogP) is 3.47. The summed E-state index contributed by atoms with van der Waals surface area (Å²) in [6.07, 6.45) is -2.43. The molecule has 0 radical (unpaired) electrons. The molecule has 3 nitrogen and oxygen atoms in total. The van der Waals surface area contributed by atoms with Crippen LogP contribution in [0.25, 0.3) is 0 Å². The van der Waals surface area contributed by atoms with E-state index in [1.165, 1.54) is 6.07 Å². The Bertz CT molecular complexity index is 499. The van der Waals surface area contributed by atoms with Crippen LogP contribution < -0.4 is 4.74 Å². The zero-order chi connectivity index (χ0) is 14.8. The summed E-state index contributed by atoms with van der Waals surface area (Å²) in [4.78, 5) is 13.5. The average Bonchev–Trinajstić information content (AvgIpc) is 2.89. The van der Waals surface area contributed by atoms with E-state index in [4.69, 9.17) is 4.74 Å². The first-order chi connectivity index (χ1) is 9.38. The van der Waals surface area contributed by atoms with Crippen LogP contribution in [-0.2, 0) is 11.0 Å². The summed E-state index contributed by atoms with van der Waals surface area (Å²) >= 11 is 3.02. The van der Waals surface area contributed by atoms with Crippen molar-refractivity contribution in [1.29, 1.82) is 0 Å². The highest BCUT2D eigenvalue weighted by molar-refractivity contribution is 9.10. The molecular weight excluding hydrogens is 339 g/mol. The van der Waals surface area contributed by atoms with Crippen LogP contribution in [0.5, 0.6) is 5.75 Å². The standard InChI is InChI=1S/C13H13BrF3NO2/c14-10-7-9(13(15,16)17)3-4-11(10)20-8-12(19)18-5-1-2-6-18/h3-4,7H,1-2,5-6,8H2. The molecule has 1 aromatic carbocycles. The third-order valence-corrected chi connectivity index (χ3v) is 3.69. The summed E-state index contributed by atoms with van der Waals surface area (Å²) in [5.41, 5.74) is -0.761. The summed E-state index contributed by atoms with van der Waals surface area (Å²) in [6.45, 7) is 1.27. The van der Waals surface area contributed by atoms with E-state index in [0.29, 0.717) is 0 Å². The van der Waals surface area contributed by atoms with Crippen LogP contribution in [0, 0.1) is 0 Å². The molecular formula is C13H13BrF3NO2. The Morgan fingerprint density at radius 2 is 1.95 bits per heavy atom. The maximum absolute atomic E-state index is 12.5. The number of rotatable bonds is 3. The fourth-order valence-corrected chi connectivity index (χ4v) is 2.48. The van der Waals surface area contributed by atoms with Gasteiger partial charge in [0.15, 0.2) is 6.61 Å². The van der Waals surface area contributed by atoms with Gasteiger partial charge in [-0.1, -0.05) is 0 Å². The largest absolute Gasteiger partial charge is 0.483 e. The average molecular weight is 352 g/mol. The van der Waals surface area contributed by atoms with Crippen molar-refractivity contribution in [2.45, 2.75) is 19.0 Å². The molecule has 0 spiro atoms. The van der Waals surface area contributed by atoms with E-state index in [2.05, 4.69) is 15.9 Å². The number of alkyl halides is 3. The number of carbonyl (C=O) groups is 1. The topological polar surface area (TPSA) is 29.5 Å². The number of hydrogen-bond donors (Lipinski definition) is 0. The summed E-state index contributed by atoms with van der Waals surface area (Å²) in [5, 5.41) is 0. The van der Waals surface area contributed by atoms with Crippen LogP contribution in [-0.4, -0.2) is 30.5 Å². The highest BCUT2D eigenvalue weighted by atomic mass is 79.9. The first kappa shape index (κ1) is 15.2. The van der Waals surface area contributed by atoms with Crippen molar-refractivity contribution in [3.05, 3.63) is 28.2 Å². The van der Waals surface area contributed by atoms with E-state index in [9.17, 15) is 18.0 Å². The van der Waals surface area contributed by atoms with Crippen molar-refractivity contribution in [3.8, 4) is 5.75 Å². The minimum Gasteiger partial charge on any atom is -0.483 e.